The molecule has 1 aromatic rings. The van der Waals surface area contributed by atoms with Crippen LogP contribution in [0.5, 0.6) is 5.75 Å². The van der Waals surface area contributed by atoms with Crippen molar-refractivity contribution in [3.05, 3.63) is 41.5 Å². The summed E-state index contributed by atoms with van der Waals surface area (Å²) in [4.78, 5) is 0. The van der Waals surface area contributed by atoms with Gasteiger partial charge in [-0.05, 0) is 54.1 Å². The zero-order valence-electron chi connectivity index (χ0n) is 24.5. The summed E-state index contributed by atoms with van der Waals surface area (Å²) in [6.07, 6.45) is 2.53. The molecule has 0 aliphatic heterocycles. The molecule has 5 heteroatoms. The highest BCUT2D eigenvalue weighted by Crippen LogP contribution is 2.40. The number of benzene rings is 1. The molecule has 4 atom stereocenters. The maximum Gasteiger partial charge on any atom is 0.146 e. The second kappa shape index (κ2) is 15.6. The van der Waals surface area contributed by atoms with Crippen LogP contribution in [-0.4, -0.2) is 44.2 Å². The second-order valence-electron chi connectivity index (χ2n) is 11.2. The molecule has 0 spiro atoms. The van der Waals surface area contributed by atoms with E-state index < -0.39 is 20.3 Å². The largest absolute Gasteiger partial charge is 0.497 e. The number of rotatable bonds is 14. The molecule has 0 bridgehead atoms. The van der Waals surface area contributed by atoms with Gasteiger partial charge in [0.05, 0.1) is 19.8 Å². The van der Waals surface area contributed by atoms with Crippen LogP contribution in [0.4, 0.5) is 0 Å². The Labute approximate surface area is 222 Å². The molecule has 0 amide bonds. The number of hydrogen-bond acceptors (Lipinski definition) is 4. The minimum Gasteiger partial charge on any atom is -0.497 e. The fraction of sp³-hybridized carbons (Fsp3) is 0.677. The Morgan fingerprint density at radius 2 is 1.50 bits per heavy atom. The lowest BCUT2D eigenvalue weighted by molar-refractivity contribution is 0.0248. The maximum atomic E-state index is 11.0. The monoisotopic (exact) mass is 516 g/mol. The van der Waals surface area contributed by atoms with Crippen molar-refractivity contribution in [3.63, 3.8) is 0 Å². The zero-order valence-corrected chi connectivity index (χ0v) is 25.5. The van der Waals surface area contributed by atoms with Crippen LogP contribution >= 0.6 is 0 Å². The number of allylic oxidation sites excluding steroid dienone is 1. The third-order valence-corrected chi connectivity index (χ3v) is 14.3. The average molecular weight is 517 g/mol. The van der Waals surface area contributed by atoms with E-state index in [1.165, 1.54) is 0 Å². The van der Waals surface area contributed by atoms with Gasteiger partial charge in [-0.15, -0.1) is 5.54 Å². The highest BCUT2D eigenvalue weighted by molar-refractivity contribution is 6.90. The minimum atomic E-state index is -1.91. The number of unbranched alkanes of at least 4 members (excludes halogenated alkanes) is 1. The molecule has 0 radical (unpaired) electrons. The second-order valence-corrected chi connectivity index (χ2v) is 16.8. The first-order valence-corrected chi connectivity index (χ1v) is 15.9. The minimum absolute atomic E-state index is 0.0426. The lowest BCUT2D eigenvalue weighted by Gasteiger charge is -2.38. The van der Waals surface area contributed by atoms with Crippen LogP contribution in [0, 0.1) is 23.3 Å². The van der Waals surface area contributed by atoms with E-state index in [1.54, 1.807) is 7.11 Å². The van der Waals surface area contributed by atoms with E-state index in [1.807, 2.05) is 38.1 Å². The number of hydrogen-bond donors (Lipinski definition) is 2. The van der Waals surface area contributed by atoms with Crippen LogP contribution < -0.4 is 4.74 Å². The molecule has 0 aromatic heterocycles. The Hall–Kier alpha value is -1.58. The summed E-state index contributed by atoms with van der Waals surface area (Å²) < 4.78 is 11.0. The molecular formula is C31H52O4Si. The Kier molecular flexibility index (Phi) is 14.1. The van der Waals surface area contributed by atoms with Crippen LogP contribution in [0.3, 0.4) is 0 Å². The number of aliphatic hydroxyl groups excluding tert-OH is 2. The first-order valence-electron chi connectivity index (χ1n) is 13.6. The van der Waals surface area contributed by atoms with E-state index in [4.69, 9.17) is 9.47 Å². The Balaban J connectivity index is 2.62. The molecular weight excluding hydrogens is 464 g/mol. The van der Waals surface area contributed by atoms with E-state index in [0.29, 0.717) is 29.8 Å². The van der Waals surface area contributed by atoms with Crippen molar-refractivity contribution in [1.29, 1.82) is 0 Å². The standard InChI is InChI=1S/C31H52O4Si/c1-22(2)36(23(3)4,24(5)6)20-18-30(32)27(9)31(33)26(8)25(7)13-11-12-19-35-21-28-14-16-29(34-10)17-15-28/h13-17,22-24,26-27,30-33H,11-12,19,21H2,1-10H3/b25-13+/t26-,27-,30-,31-/m0/s1. The quantitative estimate of drug-likeness (QED) is 0.119. The van der Waals surface area contributed by atoms with E-state index in [2.05, 4.69) is 66.0 Å². The number of methoxy groups -OCH3 is 1. The molecule has 0 aliphatic rings. The van der Waals surface area contributed by atoms with Crippen molar-refractivity contribution in [2.45, 2.75) is 111 Å². The zero-order chi connectivity index (χ0) is 27.5. The molecule has 204 valence electrons. The van der Waals surface area contributed by atoms with Gasteiger partial charge in [0.15, 0.2) is 0 Å². The van der Waals surface area contributed by atoms with Gasteiger partial charge in [-0.2, -0.15) is 0 Å². The SMILES string of the molecule is COc1ccc(COCCC/C=C(\C)[C@H](C)[C@H](O)[C@@H](C)[C@@H](O)C#C[Si](C(C)C)(C(C)C)C(C)C)cc1. The van der Waals surface area contributed by atoms with Gasteiger partial charge in [-0.1, -0.05) is 85.1 Å². The molecule has 0 fully saturated rings. The average Bonchev–Trinajstić information content (AvgIpc) is 2.84. The summed E-state index contributed by atoms with van der Waals surface area (Å²) in [6.45, 7) is 20.9. The summed E-state index contributed by atoms with van der Waals surface area (Å²) in [5, 5.41) is 21.9. The molecule has 1 rings (SSSR count). The summed E-state index contributed by atoms with van der Waals surface area (Å²) in [5.74, 6) is 3.68. The van der Waals surface area contributed by atoms with Gasteiger partial charge in [0, 0.05) is 18.4 Å². The van der Waals surface area contributed by atoms with E-state index >= 15 is 0 Å². The maximum absolute atomic E-state index is 11.0. The predicted molar refractivity (Wildman–Crippen MR) is 155 cm³/mol. The van der Waals surface area contributed by atoms with Gasteiger partial charge in [0.2, 0.25) is 0 Å². The normalized spacial score (nSPS) is 16.0. The Morgan fingerprint density at radius 3 is 2.00 bits per heavy atom. The van der Waals surface area contributed by atoms with Gasteiger partial charge >= 0.3 is 0 Å². The first-order chi connectivity index (χ1) is 16.9. The Morgan fingerprint density at radius 1 is 0.944 bits per heavy atom. The van der Waals surface area contributed by atoms with Crippen LogP contribution in [0.25, 0.3) is 0 Å². The highest BCUT2D eigenvalue weighted by atomic mass is 28.3. The predicted octanol–water partition coefficient (Wildman–Crippen LogP) is 7.15. The van der Waals surface area contributed by atoms with Gasteiger partial charge in [-0.25, -0.2) is 0 Å². The third-order valence-electron chi connectivity index (χ3n) is 7.96. The van der Waals surface area contributed by atoms with Crippen molar-refractivity contribution in [2.75, 3.05) is 13.7 Å². The molecule has 0 heterocycles. The lowest BCUT2D eigenvalue weighted by atomic mass is 9.85. The van der Waals surface area contributed by atoms with E-state index in [9.17, 15) is 10.2 Å². The molecule has 0 saturated carbocycles. The van der Waals surface area contributed by atoms with Gasteiger partial charge in [0.25, 0.3) is 0 Å². The van der Waals surface area contributed by atoms with Crippen molar-refractivity contribution in [2.24, 2.45) is 11.8 Å². The fourth-order valence-electron chi connectivity index (χ4n) is 5.29. The van der Waals surface area contributed by atoms with Crippen molar-refractivity contribution in [3.8, 4) is 17.2 Å². The van der Waals surface area contributed by atoms with Crippen molar-refractivity contribution < 1.29 is 19.7 Å². The molecule has 0 saturated heterocycles. The molecule has 2 N–H and O–H groups in total. The molecule has 4 nitrogen and oxygen atoms in total. The van der Waals surface area contributed by atoms with Crippen LogP contribution in [0.2, 0.25) is 16.6 Å². The lowest BCUT2D eigenvalue weighted by Crippen LogP contribution is -2.44. The molecule has 1 aromatic carbocycles. The van der Waals surface area contributed by atoms with Gasteiger partial charge in [-0.3, -0.25) is 0 Å². The van der Waals surface area contributed by atoms with Crippen molar-refractivity contribution >= 4 is 8.07 Å². The summed E-state index contributed by atoms with van der Waals surface area (Å²) in [5.41, 5.74) is 7.41. The third kappa shape index (κ3) is 9.06. The van der Waals surface area contributed by atoms with E-state index in [-0.39, 0.29) is 11.8 Å². The summed E-state index contributed by atoms with van der Waals surface area (Å²) in [7, 11) is -0.243. The summed E-state index contributed by atoms with van der Waals surface area (Å²) >= 11 is 0. The van der Waals surface area contributed by atoms with Gasteiger partial charge < -0.3 is 19.7 Å². The van der Waals surface area contributed by atoms with Gasteiger partial charge in [0.1, 0.15) is 19.9 Å². The Bertz CT molecular complexity index is 826. The van der Waals surface area contributed by atoms with Crippen LogP contribution in [0.1, 0.15) is 80.7 Å². The van der Waals surface area contributed by atoms with E-state index in [0.717, 1.165) is 29.7 Å². The highest BCUT2D eigenvalue weighted by Gasteiger charge is 2.42. The first kappa shape index (κ1) is 32.4. The molecule has 0 aliphatic carbocycles. The number of ether oxygens (including phenoxy) is 2. The molecule has 36 heavy (non-hydrogen) atoms. The van der Waals surface area contributed by atoms with Crippen molar-refractivity contribution in [1.82, 2.24) is 0 Å². The topological polar surface area (TPSA) is 58.9 Å². The van der Waals surface area contributed by atoms with Crippen LogP contribution in [-0.2, 0) is 11.3 Å². The van der Waals surface area contributed by atoms with Crippen LogP contribution in [0.15, 0.2) is 35.9 Å². The fourth-order valence-corrected chi connectivity index (χ4v) is 10.6. The number of aliphatic hydroxyl groups is 2. The molecule has 0 unspecified atom stereocenters. The smallest absolute Gasteiger partial charge is 0.146 e. The summed E-state index contributed by atoms with van der Waals surface area (Å²) in [6, 6.07) is 7.92.